The smallest absolute Gasteiger partial charge is 0.242 e. The first kappa shape index (κ1) is 14.0. The number of nitrogens with two attached hydrogens (primary N) is 1. The third-order valence-electron chi connectivity index (χ3n) is 3.31. The van der Waals surface area contributed by atoms with Crippen molar-refractivity contribution < 1.29 is 9.13 Å². The molecule has 0 fully saturated rings. The lowest BCUT2D eigenvalue weighted by Gasteiger charge is -2.10. The fraction of sp³-hybridized carbons (Fsp3) is 0.267. The average Bonchev–Trinajstić information content (AvgIpc) is 3.02. The van der Waals surface area contributed by atoms with E-state index in [1.807, 2.05) is 22.9 Å². The van der Waals surface area contributed by atoms with Crippen LogP contribution >= 0.6 is 11.3 Å². The molecule has 0 amide bonds. The van der Waals surface area contributed by atoms with Gasteiger partial charge < -0.3 is 10.5 Å². The molecule has 3 rings (SSSR count). The van der Waals surface area contributed by atoms with Crippen LogP contribution in [0.4, 0.5) is 4.39 Å². The summed E-state index contributed by atoms with van der Waals surface area (Å²) in [6, 6.07) is 6.09. The minimum absolute atomic E-state index is 0.0414. The van der Waals surface area contributed by atoms with Gasteiger partial charge in [0.2, 0.25) is 5.88 Å². The van der Waals surface area contributed by atoms with Gasteiger partial charge >= 0.3 is 0 Å². The van der Waals surface area contributed by atoms with Crippen LogP contribution in [-0.2, 0) is 6.42 Å². The summed E-state index contributed by atoms with van der Waals surface area (Å²) in [5, 5.41) is 1.97. The lowest BCUT2D eigenvalue weighted by molar-refractivity contribution is 0.450. The molecule has 0 saturated carbocycles. The van der Waals surface area contributed by atoms with Crippen LogP contribution < -0.4 is 10.5 Å². The molecule has 0 radical (unpaired) electrons. The van der Waals surface area contributed by atoms with E-state index in [9.17, 15) is 4.39 Å². The van der Waals surface area contributed by atoms with Crippen molar-refractivity contribution in [1.82, 2.24) is 9.38 Å². The van der Waals surface area contributed by atoms with Crippen molar-refractivity contribution in [3.05, 3.63) is 47.4 Å². The van der Waals surface area contributed by atoms with Gasteiger partial charge in [0.05, 0.1) is 5.69 Å². The van der Waals surface area contributed by atoms with Gasteiger partial charge in [-0.2, -0.15) is 4.98 Å². The summed E-state index contributed by atoms with van der Waals surface area (Å²) in [5.41, 5.74) is 6.98. The second-order valence-corrected chi connectivity index (χ2v) is 5.72. The Morgan fingerprint density at radius 1 is 1.48 bits per heavy atom. The van der Waals surface area contributed by atoms with E-state index in [0.717, 1.165) is 17.1 Å². The van der Waals surface area contributed by atoms with Crippen molar-refractivity contribution in [3.8, 4) is 11.6 Å². The van der Waals surface area contributed by atoms with Gasteiger partial charge in [-0.15, -0.1) is 11.3 Å². The molecule has 1 unspecified atom stereocenters. The lowest BCUT2D eigenvalue weighted by atomic mass is 10.1. The van der Waals surface area contributed by atoms with E-state index < -0.39 is 0 Å². The highest BCUT2D eigenvalue weighted by Crippen LogP contribution is 2.29. The summed E-state index contributed by atoms with van der Waals surface area (Å²) in [7, 11) is 0. The van der Waals surface area contributed by atoms with Crippen LogP contribution in [0.3, 0.4) is 0 Å². The van der Waals surface area contributed by atoms with Crippen molar-refractivity contribution >= 4 is 16.3 Å². The molecule has 1 atom stereocenters. The Labute approximate surface area is 126 Å². The van der Waals surface area contributed by atoms with E-state index in [1.54, 1.807) is 12.1 Å². The molecule has 0 aliphatic carbocycles. The van der Waals surface area contributed by atoms with E-state index in [1.165, 1.54) is 23.5 Å². The standard InChI is InChI=1S/C15H16FN3OS/c1-2-11(17)9-13-14(18-15-19(13)6-7-21-15)20-12-5-3-4-10(16)8-12/h3-8,11H,2,9,17H2,1H3. The molecule has 21 heavy (non-hydrogen) atoms. The van der Waals surface area contributed by atoms with E-state index in [2.05, 4.69) is 4.98 Å². The normalized spacial score (nSPS) is 12.7. The minimum atomic E-state index is -0.333. The quantitative estimate of drug-likeness (QED) is 0.783. The number of ether oxygens (including phenoxy) is 1. The van der Waals surface area contributed by atoms with Gasteiger partial charge in [-0.05, 0) is 18.6 Å². The topological polar surface area (TPSA) is 52.5 Å². The Kier molecular flexibility index (Phi) is 3.90. The predicted octanol–water partition coefficient (Wildman–Crippen LogP) is 3.61. The van der Waals surface area contributed by atoms with E-state index >= 15 is 0 Å². The average molecular weight is 305 g/mol. The summed E-state index contributed by atoms with van der Waals surface area (Å²) in [5.74, 6) is 0.601. The molecule has 2 N–H and O–H groups in total. The second kappa shape index (κ2) is 5.83. The zero-order chi connectivity index (χ0) is 14.8. The fourth-order valence-corrected chi connectivity index (χ4v) is 2.84. The Morgan fingerprint density at radius 2 is 2.33 bits per heavy atom. The molecule has 0 aliphatic heterocycles. The van der Waals surface area contributed by atoms with Gasteiger partial charge in [-0.1, -0.05) is 13.0 Å². The number of hydrogen-bond donors (Lipinski definition) is 1. The highest BCUT2D eigenvalue weighted by molar-refractivity contribution is 7.15. The molecule has 2 aromatic heterocycles. The van der Waals surface area contributed by atoms with Crippen molar-refractivity contribution in [3.63, 3.8) is 0 Å². The predicted molar refractivity (Wildman–Crippen MR) is 81.5 cm³/mol. The first-order valence-electron chi connectivity index (χ1n) is 6.80. The third-order valence-corrected chi connectivity index (χ3v) is 4.07. The maximum Gasteiger partial charge on any atom is 0.242 e. The number of benzene rings is 1. The molecule has 0 bridgehead atoms. The summed E-state index contributed by atoms with van der Waals surface area (Å²) in [6.07, 6.45) is 3.49. The second-order valence-electron chi connectivity index (χ2n) is 4.85. The van der Waals surface area contributed by atoms with Crippen molar-refractivity contribution in [2.75, 3.05) is 0 Å². The molecule has 1 aromatic carbocycles. The van der Waals surface area contributed by atoms with Crippen LogP contribution in [0.5, 0.6) is 11.6 Å². The van der Waals surface area contributed by atoms with Gasteiger partial charge in [0.15, 0.2) is 4.96 Å². The van der Waals surface area contributed by atoms with Crippen molar-refractivity contribution in [2.45, 2.75) is 25.8 Å². The van der Waals surface area contributed by atoms with Crippen molar-refractivity contribution in [2.24, 2.45) is 5.73 Å². The summed E-state index contributed by atoms with van der Waals surface area (Å²) >= 11 is 1.53. The molecular formula is C15H16FN3OS. The number of nitrogens with zero attached hydrogens (tertiary/aromatic N) is 2. The van der Waals surface area contributed by atoms with Gasteiger partial charge in [-0.25, -0.2) is 4.39 Å². The van der Waals surface area contributed by atoms with Gasteiger partial charge in [0.1, 0.15) is 11.6 Å². The van der Waals surface area contributed by atoms with E-state index in [0.29, 0.717) is 18.1 Å². The van der Waals surface area contributed by atoms with Crippen LogP contribution in [0.25, 0.3) is 4.96 Å². The number of imidazole rings is 1. The Morgan fingerprint density at radius 3 is 3.10 bits per heavy atom. The van der Waals surface area contributed by atoms with Crippen LogP contribution in [0.15, 0.2) is 35.8 Å². The molecule has 3 aromatic rings. The van der Waals surface area contributed by atoms with Crippen LogP contribution in [0.1, 0.15) is 19.0 Å². The monoisotopic (exact) mass is 305 g/mol. The van der Waals surface area contributed by atoms with Crippen LogP contribution in [0, 0.1) is 5.82 Å². The van der Waals surface area contributed by atoms with Crippen LogP contribution in [0.2, 0.25) is 0 Å². The first-order chi connectivity index (χ1) is 10.2. The van der Waals surface area contributed by atoms with Gasteiger partial charge in [-0.3, -0.25) is 4.40 Å². The number of aromatic nitrogens is 2. The molecule has 2 heterocycles. The Hall–Kier alpha value is -1.92. The third kappa shape index (κ3) is 2.91. The Balaban J connectivity index is 1.97. The molecule has 110 valence electrons. The summed E-state index contributed by atoms with van der Waals surface area (Å²) in [4.78, 5) is 5.31. The summed E-state index contributed by atoms with van der Waals surface area (Å²) in [6.45, 7) is 2.05. The molecule has 4 nitrogen and oxygen atoms in total. The van der Waals surface area contributed by atoms with E-state index in [-0.39, 0.29) is 11.9 Å². The molecule has 6 heteroatoms. The zero-order valence-corrected chi connectivity index (χ0v) is 12.4. The maximum absolute atomic E-state index is 13.3. The zero-order valence-electron chi connectivity index (χ0n) is 11.6. The highest BCUT2D eigenvalue weighted by Gasteiger charge is 2.17. The van der Waals surface area contributed by atoms with Gasteiger partial charge in [0, 0.05) is 30.1 Å². The number of rotatable bonds is 5. The van der Waals surface area contributed by atoms with Crippen molar-refractivity contribution in [1.29, 1.82) is 0 Å². The number of hydrogen-bond acceptors (Lipinski definition) is 4. The molecule has 0 saturated heterocycles. The SMILES string of the molecule is CCC(N)Cc1c(Oc2cccc(F)c2)nc2sccn12. The molecular weight excluding hydrogens is 289 g/mol. The minimum Gasteiger partial charge on any atom is -0.437 e. The number of thiazole rings is 1. The largest absolute Gasteiger partial charge is 0.437 e. The van der Waals surface area contributed by atoms with Gasteiger partial charge in [0.25, 0.3) is 0 Å². The number of fused-ring (bicyclic) bond motifs is 1. The fourth-order valence-electron chi connectivity index (χ4n) is 2.11. The van der Waals surface area contributed by atoms with Crippen LogP contribution in [-0.4, -0.2) is 15.4 Å². The summed E-state index contributed by atoms with van der Waals surface area (Å²) < 4.78 is 21.0. The molecule has 0 aliphatic rings. The first-order valence-corrected chi connectivity index (χ1v) is 7.68. The lowest BCUT2D eigenvalue weighted by Crippen LogP contribution is -2.22. The Bertz CT molecular complexity index is 752. The van der Waals surface area contributed by atoms with E-state index in [4.69, 9.17) is 10.5 Å². The highest BCUT2D eigenvalue weighted by atomic mass is 32.1. The maximum atomic E-state index is 13.3. The number of halogens is 1. The molecule has 0 spiro atoms.